The third kappa shape index (κ3) is 4.67. The highest BCUT2D eigenvalue weighted by molar-refractivity contribution is 7.98. The van der Waals surface area contributed by atoms with Crippen LogP contribution in [-0.2, 0) is 6.54 Å². The minimum absolute atomic E-state index is 0.130. The Morgan fingerprint density at radius 2 is 2.00 bits per heavy atom. The van der Waals surface area contributed by atoms with Crippen LogP contribution in [0.4, 0.5) is 4.39 Å². The third-order valence-electron chi connectivity index (χ3n) is 1.89. The maximum Gasteiger partial charge on any atom is 0.126 e. The van der Waals surface area contributed by atoms with Crippen molar-refractivity contribution in [3.05, 3.63) is 35.1 Å². The number of hydrogen-bond donors (Lipinski definition) is 1. The topological polar surface area (TPSA) is 12.0 Å². The predicted molar refractivity (Wildman–Crippen MR) is 65.3 cm³/mol. The molecule has 0 aliphatic rings. The molecule has 0 heterocycles. The van der Waals surface area contributed by atoms with Gasteiger partial charge in [0.05, 0.1) is 0 Å². The molecule has 0 aromatic heterocycles. The van der Waals surface area contributed by atoms with Crippen molar-refractivity contribution in [1.82, 2.24) is 4.72 Å². The Labute approximate surface area is 95.6 Å². The van der Waals surface area contributed by atoms with Crippen LogP contribution < -0.4 is 4.72 Å². The average Bonchev–Trinajstić information content (AvgIpc) is 2.09. The van der Waals surface area contributed by atoms with Gasteiger partial charge in [0, 0.05) is 11.3 Å². The summed E-state index contributed by atoms with van der Waals surface area (Å²) in [6, 6.07) is 5.36. The molecule has 1 aromatic carbocycles. The van der Waals surface area contributed by atoms with Crippen LogP contribution >= 0.6 is 11.9 Å². The molecule has 0 aliphatic carbocycles. The number of halogens is 1. The molecule has 0 radical (unpaired) electrons. The molecule has 15 heavy (non-hydrogen) atoms. The van der Waals surface area contributed by atoms with E-state index >= 15 is 0 Å². The molecule has 1 rings (SSSR count). The molecular weight excluding hydrogens is 209 g/mol. The summed E-state index contributed by atoms with van der Waals surface area (Å²) in [4.78, 5) is 0. The average molecular weight is 227 g/mol. The zero-order valence-corrected chi connectivity index (χ0v) is 10.5. The second-order valence-electron chi connectivity index (χ2n) is 4.62. The second-order valence-corrected chi connectivity index (χ2v) is 6.34. The summed E-state index contributed by atoms with van der Waals surface area (Å²) in [5.74, 6) is -0.130. The van der Waals surface area contributed by atoms with Crippen molar-refractivity contribution in [2.24, 2.45) is 0 Å². The maximum atomic E-state index is 13.2. The fourth-order valence-electron chi connectivity index (χ4n) is 1.08. The van der Waals surface area contributed by atoms with Crippen LogP contribution in [0.3, 0.4) is 0 Å². The quantitative estimate of drug-likeness (QED) is 0.791. The predicted octanol–water partition coefficient (Wildman–Crippen LogP) is 3.67. The standard InChI is InChI=1S/C12H18FNS/c1-9-5-6-10(7-11(9)13)8-14-15-12(2,3)4/h5-7,14H,8H2,1-4H3. The molecule has 0 atom stereocenters. The van der Waals surface area contributed by atoms with Crippen LogP contribution in [0.15, 0.2) is 18.2 Å². The van der Waals surface area contributed by atoms with Gasteiger partial charge in [-0.25, -0.2) is 4.39 Å². The number of hydrogen-bond acceptors (Lipinski definition) is 2. The van der Waals surface area contributed by atoms with Crippen LogP contribution in [-0.4, -0.2) is 4.75 Å². The first-order valence-electron chi connectivity index (χ1n) is 5.04. The number of benzene rings is 1. The van der Waals surface area contributed by atoms with Gasteiger partial charge >= 0.3 is 0 Å². The van der Waals surface area contributed by atoms with Gasteiger partial charge in [-0.05, 0) is 44.9 Å². The molecule has 0 saturated heterocycles. The van der Waals surface area contributed by atoms with Gasteiger partial charge in [-0.3, -0.25) is 4.72 Å². The van der Waals surface area contributed by atoms with E-state index in [0.29, 0.717) is 12.1 Å². The minimum Gasteiger partial charge on any atom is -0.259 e. The fraction of sp³-hybridized carbons (Fsp3) is 0.500. The van der Waals surface area contributed by atoms with Gasteiger partial charge in [0.2, 0.25) is 0 Å². The first kappa shape index (κ1) is 12.5. The van der Waals surface area contributed by atoms with Gasteiger partial charge in [0.25, 0.3) is 0 Å². The van der Waals surface area contributed by atoms with E-state index in [-0.39, 0.29) is 10.6 Å². The van der Waals surface area contributed by atoms with Crippen molar-refractivity contribution in [2.75, 3.05) is 0 Å². The zero-order chi connectivity index (χ0) is 11.5. The van der Waals surface area contributed by atoms with E-state index in [1.807, 2.05) is 12.1 Å². The molecule has 0 amide bonds. The molecule has 0 unspecified atom stereocenters. The lowest BCUT2D eigenvalue weighted by atomic mass is 10.1. The SMILES string of the molecule is Cc1ccc(CNSC(C)(C)C)cc1F. The summed E-state index contributed by atoms with van der Waals surface area (Å²) < 4.78 is 16.6. The Morgan fingerprint density at radius 1 is 1.33 bits per heavy atom. The Hall–Kier alpha value is -0.540. The molecule has 0 fully saturated rings. The third-order valence-corrected chi connectivity index (χ3v) is 2.79. The molecule has 84 valence electrons. The molecule has 1 aromatic rings. The van der Waals surface area contributed by atoms with E-state index in [4.69, 9.17) is 0 Å². The van der Waals surface area contributed by atoms with Crippen molar-refractivity contribution >= 4 is 11.9 Å². The first-order chi connectivity index (χ1) is 6.88. The molecule has 1 nitrogen and oxygen atoms in total. The highest BCUT2D eigenvalue weighted by atomic mass is 32.2. The Kier molecular flexibility index (Phi) is 4.17. The van der Waals surface area contributed by atoms with E-state index in [1.54, 1.807) is 24.9 Å². The van der Waals surface area contributed by atoms with Crippen molar-refractivity contribution in [2.45, 2.75) is 39.0 Å². The monoisotopic (exact) mass is 227 g/mol. The van der Waals surface area contributed by atoms with E-state index in [1.165, 1.54) is 0 Å². The number of nitrogens with one attached hydrogen (secondary N) is 1. The maximum absolute atomic E-state index is 13.2. The van der Waals surface area contributed by atoms with Gasteiger partial charge in [-0.1, -0.05) is 24.1 Å². The second kappa shape index (κ2) is 4.99. The Morgan fingerprint density at radius 3 is 2.53 bits per heavy atom. The van der Waals surface area contributed by atoms with Crippen molar-refractivity contribution in [3.8, 4) is 0 Å². The van der Waals surface area contributed by atoms with E-state index in [2.05, 4.69) is 25.5 Å². The Balaban J connectivity index is 2.48. The fourth-order valence-corrected chi connectivity index (χ4v) is 1.75. The van der Waals surface area contributed by atoms with Crippen LogP contribution in [0.5, 0.6) is 0 Å². The lowest BCUT2D eigenvalue weighted by Gasteiger charge is -2.17. The molecule has 0 bridgehead atoms. The van der Waals surface area contributed by atoms with Crippen LogP contribution in [0.25, 0.3) is 0 Å². The van der Waals surface area contributed by atoms with Crippen molar-refractivity contribution in [3.63, 3.8) is 0 Å². The van der Waals surface area contributed by atoms with Crippen LogP contribution in [0.1, 0.15) is 31.9 Å². The highest BCUT2D eigenvalue weighted by Crippen LogP contribution is 2.20. The summed E-state index contributed by atoms with van der Waals surface area (Å²) in [6.45, 7) is 8.89. The molecule has 3 heteroatoms. The van der Waals surface area contributed by atoms with Gasteiger partial charge in [0.1, 0.15) is 5.82 Å². The lowest BCUT2D eigenvalue weighted by Crippen LogP contribution is -2.16. The van der Waals surface area contributed by atoms with E-state index in [0.717, 1.165) is 5.56 Å². The van der Waals surface area contributed by atoms with Crippen LogP contribution in [0, 0.1) is 12.7 Å². The van der Waals surface area contributed by atoms with Crippen molar-refractivity contribution < 1.29 is 4.39 Å². The molecule has 0 saturated carbocycles. The molecular formula is C12H18FNS. The molecule has 0 aliphatic heterocycles. The summed E-state index contributed by atoms with van der Waals surface area (Å²) in [7, 11) is 0. The van der Waals surface area contributed by atoms with Gasteiger partial charge in [0.15, 0.2) is 0 Å². The first-order valence-corrected chi connectivity index (χ1v) is 5.86. The van der Waals surface area contributed by atoms with Gasteiger partial charge in [-0.15, -0.1) is 0 Å². The Bertz CT molecular complexity index is 331. The summed E-state index contributed by atoms with van der Waals surface area (Å²) in [6.07, 6.45) is 0. The summed E-state index contributed by atoms with van der Waals surface area (Å²) in [5, 5.41) is 0. The number of rotatable bonds is 3. The smallest absolute Gasteiger partial charge is 0.126 e. The number of aryl methyl sites for hydroxylation is 1. The summed E-state index contributed by atoms with van der Waals surface area (Å²) >= 11 is 1.67. The zero-order valence-electron chi connectivity index (χ0n) is 9.73. The minimum atomic E-state index is -0.130. The van der Waals surface area contributed by atoms with E-state index < -0.39 is 0 Å². The normalized spacial score (nSPS) is 11.8. The van der Waals surface area contributed by atoms with Crippen molar-refractivity contribution in [1.29, 1.82) is 0 Å². The summed E-state index contributed by atoms with van der Waals surface area (Å²) in [5.41, 5.74) is 1.68. The van der Waals surface area contributed by atoms with Gasteiger partial charge < -0.3 is 0 Å². The van der Waals surface area contributed by atoms with Gasteiger partial charge in [-0.2, -0.15) is 0 Å². The largest absolute Gasteiger partial charge is 0.259 e. The molecule has 0 spiro atoms. The molecule has 1 N–H and O–H groups in total. The van der Waals surface area contributed by atoms with E-state index in [9.17, 15) is 4.39 Å². The highest BCUT2D eigenvalue weighted by Gasteiger charge is 2.10. The lowest BCUT2D eigenvalue weighted by molar-refractivity contribution is 0.615. The van der Waals surface area contributed by atoms with Crippen LogP contribution in [0.2, 0.25) is 0 Å².